The van der Waals surface area contributed by atoms with Crippen LogP contribution in [0, 0.1) is 5.82 Å². The molecule has 0 saturated carbocycles. The van der Waals surface area contributed by atoms with Crippen LogP contribution in [-0.4, -0.2) is 51.5 Å². The molecule has 3 heterocycles. The molecule has 1 aromatic carbocycles. The second-order valence-corrected chi connectivity index (χ2v) is 6.43. The lowest BCUT2D eigenvalue weighted by Crippen LogP contribution is -2.49. The molecule has 0 bridgehead atoms. The fourth-order valence-electron chi connectivity index (χ4n) is 3.16. The van der Waals surface area contributed by atoms with Crippen LogP contribution in [0.4, 0.5) is 10.3 Å². The minimum atomic E-state index is -0.385. The molecule has 0 spiro atoms. The summed E-state index contributed by atoms with van der Waals surface area (Å²) in [6, 6.07) is 10.2. The van der Waals surface area contributed by atoms with Crippen molar-refractivity contribution in [3.05, 3.63) is 82.8 Å². The summed E-state index contributed by atoms with van der Waals surface area (Å²) in [7, 11) is 0. The summed E-state index contributed by atoms with van der Waals surface area (Å²) in [6.07, 6.45) is 4.89. The first-order chi connectivity index (χ1) is 13.6. The van der Waals surface area contributed by atoms with Crippen molar-refractivity contribution in [1.82, 2.24) is 19.4 Å². The van der Waals surface area contributed by atoms with E-state index in [-0.39, 0.29) is 17.3 Å². The number of anilines is 1. The maximum Gasteiger partial charge on any atom is 0.255 e. The van der Waals surface area contributed by atoms with Gasteiger partial charge >= 0.3 is 0 Å². The highest BCUT2D eigenvalue weighted by Gasteiger charge is 2.23. The van der Waals surface area contributed by atoms with Crippen molar-refractivity contribution in [1.29, 1.82) is 0 Å². The van der Waals surface area contributed by atoms with E-state index < -0.39 is 0 Å². The Bertz CT molecular complexity index is 1030. The normalized spacial score (nSPS) is 14.2. The molecular formula is C20H18FN5O2. The second kappa shape index (κ2) is 7.59. The van der Waals surface area contributed by atoms with Gasteiger partial charge in [-0.2, -0.15) is 0 Å². The molecule has 0 N–H and O–H groups in total. The number of amides is 1. The lowest BCUT2D eigenvalue weighted by molar-refractivity contribution is 0.0745. The zero-order valence-corrected chi connectivity index (χ0v) is 15.0. The summed E-state index contributed by atoms with van der Waals surface area (Å²) in [5, 5.41) is 0. The van der Waals surface area contributed by atoms with E-state index in [9.17, 15) is 14.0 Å². The highest BCUT2D eigenvalue weighted by atomic mass is 19.1. The van der Waals surface area contributed by atoms with Crippen LogP contribution in [0.1, 0.15) is 10.4 Å². The Morgan fingerprint density at radius 2 is 1.61 bits per heavy atom. The van der Waals surface area contributed by atoms with Gasteiger partial charge in [-0.1, -0.05) is 0 Å². The average Bonchev–Trinajstić information content (AvgIpc) is 2.75. The minimum Gasteiger partial charge on any atom is -0.337 e. The van der Waals surface area contributed by atoms with E-state index >= 15 is 0 Å². The minimum absolute atomic E-state index is 0.149. The van der Waals surface area contributed by atoms with Gasteiger partial charge in [-0.3, -0.25) is 14.2 Å². The number of pyridine rings is 1. The SMILES string of the molecule is O=C(c1ccc(=O)n(-c2ccc(F)cc2)c1)N1CCN(c2ncccn2)CC1. The van der Waals surface area contributed by atoms with E-state index in [1.165, 1.54) is 47.2 Å². The number of piperazine rings is 1. The Kier molecular flexibility index (Phi) is 4.84. The maximum absolute atomic E-state index is 13.1. The van der Waals surface area contributed by atoms with Crippen LogP contribution >= 0.6 is 0 Å². The molecule has 0 unspecified atom stereocenters. The van der Waals surface area contributed by atoms with Gasteiger partial charge in [0.25, 0.3) is 11.5 Å². The number of aromatic nitrogens is 3. The van der Waals surface area contributed by atoms with Gasteiger partial charge in [0.2, 0.25) is 5.95 Å². The fourth-order valence-corrected chi connectivity index (χ4v) is 3.16. The van der Waals surface area contributed by atoms with Crippen molar-refractivity contribution in [2.75, 3.05) is 31.1 Å². The van der Waals surface area contributed by atoms with Crippen molar-refractivity contribution in [2.45, 2.75) is 0 Å². The Morgan fingerprint density at radius 1 is 0.929 bits per heavy atom. The summed E-state index contributed by atoms with van der Waals surface area (Å²) >= 11 is 0. The topological polar surface area (TPSA) is 71.3 Å². The maximum atomic E-state index is 13.1. The molecule has 142 valence electrons. The lowest BCUT2D eigenvalue weighted by atomic mass is 10.2. The number of hydrogen-bond donors (Lipinski definition) is 0. The number of nitrogens with zero attached hydrogens (tertiary/aromatic N) is 5. The van der Waals surface area contributed by atoms with Crippen molar-refractivity contribution in [3.8, 4) is 5.69 Å². The van der Waals surface area contributed by atoms with Crippen LogP contribution in [0.2, 0.25) is 0 Å². The van der Waals surface area contributed by atoms with Gasteiger partial charge < -0.3 is 9.80 Å². The monoisotopic (exact) mass is 379 g/mol. The van der Waals surface area contributed by atoms with Gasteiger partial charge in [-0.15, -0.1) is 0 Å². The number of carbonyl (C=O) groups is 1. The first kappa shape index (κ1) is 17.8. The zero-order chi connectivity index (χ0) is 19.5. The Hall–Kier alpha value is -3.55. The van der Waals surface area contributed by atoms with E-state index in [0.29, 0.717) is 43.4 Å². The Balaban J connectivity index is 1.50. The third-order valence-electron chi connectivity index (χ3n) is 4.66. The molecule has 28 heavy (non-hydrogen) atoms. The third kappa shape index (κ3) is 3.62. The van der Waals surface area contributed by atoms with Crippen molar-refractivity contribution in [2.24, 2.45) is 0 Å². The van der Waals surface area contributed by atoms with E-state index in [0.717, 1.165) is 0 Å². The predicted molar refractivity (Wildman–Crippen MR) is 102 cm³/mol. The van der Waals surface area contributed by atoms with Crippen molar-refractivity contribution >= 4 is 11.9 Å². The molecule has 0 radical (unpaired) electrons. The van der Waals surface area contributed by atoms with E-state index in [1.54, 1.807) is 23.4 Å². The van der Waals surface area contributed by atoms with E-state index in [2.05, 4.69) is 9.97 Å². The number of hydrogen-bond acceptors (Lipinski definition) is 5. The molecule has 1 saturated heterocycles. The standard InChI is InChI=1S/C20H18FN5O2/c21-16-3-5-17(6-4-16)26-14-15(2-7-18(26)27)19(28)24-10-12-25(13-11-24)20-22-8-1-9-23-20/h1-9,14H,10-13H2. The molecule has 1 amide bonds. The van der Waals surface area contributed by atoms with Crippen molar-refractivity contribution < 1.29 is 9.18 Å². The Morgan fingerprint density at radius 3 is 2.29 bits per heavy atom. The summed E-state index contributed by atoms with van der Waals surface area (Å²) < 4.78 is 14.5. The lowest BCUT2D eigenvalue weighted by Gasteiger charge is -2.34. The van der Waals surface area contributed by atoms with E-state index in [1.807, 2.05) is 4.90 Å². The molecule has 0 aliphatic carbocycles. The quantitative estimate of drug-likeness (QED) is 0.693. The number of carbonyl (C=O) groups excluding carboxylic acids is 1. The highest BCUT2D eigenvalue weighted by Crippen LogP contribution is 2.13. The average molecular weight is 379 g/mol. The molecule has 0 atom stereocenters. The summed E-state index contributed by atoms with van der Waals surface area (Å²) in [4.78, 5) is 37.3. The molecule has 8 heteroatoms. The van der Waals surface area contributed by atoms with Crippen LogP contribution in [0.25, 0.3) is 5.69 Å². The number of benzene rings is 1. The molecule has 1 aliphatic heterocycles. The van der Waals surface area contributed by atoms with Gasteiger partial charge in [-0.05, 0) is 36.4 Å². The first-order valence-electron chi connectivity index (χ1n) is 8.92. The van der Waals surface area contributed by atoms with Gasteiger partial charge in [-0.25, -0.2) is 14.4 Å². The van der Waals surface area contributed by atoms with Crippen molar-refractivity contribution in [3.63, 3.8) is 0 Å². The second-order valence-electron chi connectivity index (χ2n) is 6.43. The third-order valence-corrected chi connectivity index (χ3v) is 4.66. The zero-order valence-electron chi connectivity index (χ0n) is 15.0. The molecule has 7 nitrogen and oxygen atoms in total. The van der Waals surface area contributed by atoms with E-state index in [4.69, 9.17) is 0 Å². The molecule has 2 aromatic heterocycles. The van der Waals surface area contributed by atoms with Gasteiger partial charge in [0.15, 0.2) is 0 Å². The smallest absolute Gasteiger partial charge is 0.255 e. The summed E-state index contributed by atoms with van der Waals surface area (Å²) in [5.74, 6) is 0.119. The van der Waals surface area contributed by atoms with Gasteiger partial charge in [0.1, 0.15) is 5.82 Å². The number of halogens is 1. The van der Waals surface area contributed by atoms with Crippen LogP contribution < -0.4 is 10.5 Å². The van der Waals surface area contributed by atoms with Gasteiger partial charge in [0.05, 0.1) is 5.56 Å². The number of rotatable bonds is 3. The van der Waals surface area contributed by atoms with Crippen LogP contribution in [-0.2, 0) is 0 Å². The molecule has 3 aromatic rings. The molecular weight excluding hydrogens is 361 g/mol. The summed E-state index contributed by atoms with van der Waals surface area (Å²) in [5.41, 5.74) is 0.634. The Labute approximate surface area is 160 Å². The first-order valence-corrected chi connectivity index (χ1v) is 8.92. The van der Waals surface area contributed by atoms with Gasteiger partial charge in [0, 0.05) is 56.5 Å². The summed E-state index contributed by atoms with van der Waals surface area (Å²) in [6.45, 7) is 2.33. The fraction of sp³-hybridized carbons (Fsp3) is 0.200. The van der Waals surface area contributed by atoms with Crippen LogP contribution in [0.3, 0.4) is 0 Å². The predicted octanol–water partition coefficient (Wildman–Crippen LogP) is 1.73. The largest absolute Gasteiger partial charge is 0.337 e. The molecule has 1 aliphatic rings. The van der Waals surface area contributed by atoms with Crippen LogP contribution in [0.15, 0.2) is 65.8 Å². The molecule has 4 rings (SSSR count). The molecule has 1 fully saturated rings. The van der Waals surface area contributed by atoms with Crippen LogP contribution in [0.5, 0.6) is 0 Å². The highest BCUT2D eigenvalue weighted by molar-refractivity contribution is 5.94.